The van der Waals surface area contributed by atoms with Crippen LogP contribution in [0.1, 0.15) is 24.6 Å². The Morgan fingerprint density at radius 3 is 2.83 bits per heavy atom. The summed E-state index contributed by atoms with van der Waals surface area (Å²) in [5, 5.41) is 0. The third kappa shape index (κ3) is 3.20. The Balaban J connectivity index is 2.12. The molecule has 2 rings (SSSR count). The van der Waals surface area contributed by atoms with Crippen molar-refractivity contribution in [1.82, 2.24) is 4.57 Å². The molecule has 1 aromatic heterocycles. The first-order valence-electron chi connectivity index (χ1n) is 6.33. The van der Waals surface area contributed by atoms with E-state index in [9.17, 15) is 4.39 Å². The van der Waals surface area contributed by atoms with Crippen LogP contribution in [0.5, 0.6) is 0 Å². The summed E-state index contributed by atoms with van der Waals surface area (Å²) in [4.78, 5) is 0. The minimum Gasteiger partial charge on any atom is -0.347 e. The molecule has 0 amide bonds. The first kappa shape index (κ1) is 12.8. The maximum Gasteiger partial charge on any atom is 0.123 e. The average Bonchev–Trinajstić information content (AvgIpc) is 2.76. The van der Waals surface area contributed by atoms with Gasteiger partial charge in [0.25, 0.3) is 0 Å². The molecule has 1 aromatic carbocycles. The summed E-state index contributed by atoms with van der Waals surface area (Å²) in [5.41, 5.74) is 8.15. The average molecular weight is 246 g/mol. The van der Waals surface area contributed by atoms with Gasteiger partial charge in [0.15, 0.2) is 0 Å². The summed E-state index contributed by atoms with van der Waals surface area (Å²) in [7, 11) is 0. The Morgan fingerprint density at radius 1 is 1.28 bits per heavy atom. The van der Waals surface area contributed by atoms with Gasteiger partial charge in [-0.25, -0.2) is 4.39 Å². The van der Waals surface area contributed by atoms with Crippen molar-refractivity contribution in [2.24, 2.45) is 5.73 Å². The van der Waals surface area contributed by atoms with Crippen LogP contribution < -0.4 is 5.73 Å². The van der Waals surface area contributed by atoms with Crippen molar-refractivity contribution in [2.75, 3.05) is 0 Å². The summed E-state index contributed by atoms with van der Waals surface area (Å²) >= 11 is 0. The lowest BCUT2D eigenvalue weighted by Crippen LogP contribution is -2.23. The molecule has 0 saturated carbocycles. The molecule has 0 saturated heterocycles. The molecule has 0 spiro atoms. The molecule has 1 heterocycles. The SMILES string of the molecule is CCC(N)Cc1cccn1Cc1cccc(F)c1. The predicted octanol–water partition coefficient (Wildman–Crippen LogP) is 2.96. The second-order valence-corrected chi connectivity index (χ2v) is 4.63. The highest BCUT2D eigenvalue weighted by Crippen LogP contribution is 2.11. The lowest BCUT2D eigenvalue weighted by atomic mass is 10.1. The van der Waals surface area contributed by atoms with Gasteiger partial charge < -0.3 is 10.3 Å². The highest BCUT2D eigenvalue weighted by atomic mass is 19.1. The number of hydrogen-bond acceptors (Lipinski definition) is 1. The molecule has 96 valence electrons. The molecule has 0 aliphatic heterocycles. The Kier molecular flexibility index (Phi) is 4.15. The van der Waals surface area contributed by atoms with E-state index in [4.69, 9.17) is 5.73 Å². The third-order valence-corrected chi connectivity index (χ3v) is 3.16. The van der Waals surface area contributed by atoms with Crippen molar-refractivity contribution >= 4 is 0 Å². The van der Waals surface area contributed by atoms with E-state index in [0.29, 0.717) is 6.54 Å². The number of benzene rings is 1. The summed E-state index contributed by atoms with van der Waals surface area (Å²) < 4.78 is 15.3. The molecular weight excluding hydrogens is 227 g/mol. The van der Waals surface area contributed by atoms with E-state index in [1.165, 1.54) is 11.8 Å². The monoisotopic (exact) mass is 246 g/mol. The first-order valence-corrected chi connectivity index (χ1v) is 6.33. The van der Waals surface area contributed by atoms with Crippen LogP contribution in [0.4, 0.5) is 4.39 Å². The lowest BCUT2D eigenvalue weighted by Gasteiger charge is -2.13. The quantitative estimate of drug-likeness (QED) is 0.864. The van der Waals surface area contributed by atoms with Gasteiger partial charge in [0.05, 0.1) is 0 Å². The van der Waals surface area contributed by atoms with Crippen molar-refractivity contribution in [3.8, 4) is 0 Å². The van der Waals surface area contributed by atoms with E-state index in [1.807, 2.05) is 18.3 Å². The highest BCUT2D eigenvalue weighted by Gasteiger charge is 2.06. The minimum absolute atomic E-state index is 0.186. The molecule has 2 N–H and O–H groups in total. The predicted molar refractivity (Wildman–Crippen MR) is 71.9 cm³/mol. The number of nitrogens with two attached hydrogens (primary N) is 1. The largest absolute Gasteiger partial charge is 0.347 e. The molecule has 0 radical (unpaired) electrons. The molecule has 0 aliphatic rings. The second kappa shape index (κ2) is 5.83. The molecule has 2 aromatic rings. The van der Waals surface area contributed by atoms with E-state index in [-0.39, 0.29) is 11.9 Å². The molecule has 1 unspecified atom stereocenters. The fourth-order valence-corrected chi connectivity index (χ4v) is 2.03. The zero-order chi connectivity index (χ0) is 13.0. The lowest BCUT2D eigenvalue weighted by molar-refractivity contribution is 0.605. The molecule has 3 heteroatoms. The minimum atomic E-state index is -0.188. The molecule has 2 nitrogen and oxygen atoms in total. The van der Waals surface area contributed by atoms with Crippen LogP contribution in [0, 0.1) is 5.82 Å². The van der Waals surface area contributed by atoms with Gasteiger partial charge in [0.2, 0.25) is 0 Å². The van der Waals surface area contributed by atoms with Crippen LogP contribution in [0.2, 0.25) is 0 Å². The van der Waals surface area contributed by atoms with Gasteiger partial charge in [-0.2, -0.15) is 0 Å². The summed E-state index contributed by atoms with van der Waals surface area (Å²) in [6.45, 7) is 2.78. The molecular formula is C15H19FN2. The van der Waals surface area contributed by atoms with Gasteiger partial charge >= 0.3 is 0 Å². The number of aromatic nitrogens is 1. The van der Waals surface area contributed by atoms with Crippen molar-refractivity contribution < 1.29 is 4.39 Å². The fourth-order valence-electron chi connectivity index (χ4n) is 2.03. The molecule has 0 aliphatic carbocycles. The number of hydrogen-bond donors (Lipinski definition) is 1. The van der Waals surface area contributed by atoms with E-state index in [2.05, 4.69) is 17.6 Å². The number of halogens is 1. The Bertz CT molecular complexity index is 505. The zero-order valence-corrected chi connectivity index (χ0v) is 10.6. The van der Waals surface area contributed by atoms with Gasteiger partial charge in [-0.05, 0) is 36.2 Å². The Labute approximate surface area is 107 Å². The number of nitrogens with zero attached hydrogens (tertiary/aromatic N) is 1. The van der Waals surface area contributed by atoms with Crippen molar-refractivity contribution in [1.29, 1.82) is 0 Å². The van der Waals surface area contributed by atoms with Crippen LogP contribution in [-0.4, -0.2) is 10.6 Å². The van der Waals surface area contributed by atoms with Gasteiger partial charge in [-0.1, -0.05) is 19.1 Å². The summed E-state index contributed by atoms with van der Waals surface area (Å²) in [6, 6.07) is 11.0. The molecule has 0 bridgehead atoms. The maximum absolute atomic E-state index is 13.1. The van der Waals surface area contributed by atoms with Gasteiger partial charge in [-0.15, -0.1) is 0 Å². The summed E-state index contributed by atoms with van der Waals surface area (Å²) in [5.74, 6) is -0.188. The van der Waals surface area contributed by atoms with E-state index < -0.39 is 0 Å². The van der Waals surface area contributed by atoms with Crippen LogP contribution in [-0.2, 0) is 13.0 Å². The molecule has 0 fully saturated rings. The highest BCUT2D eigenvalue weighted by molar-refractivity contribution is 5.19. The molecule has 1 atom stereocenters. The normalized spacial score (nSPS) is 12.6. The van der Waals surface area contributed by atoms with Crippen molar-refractivity contribution in [2.45, 2.75) is 32.4 Å². The smallest absolute Gasteiger partial charge is 0.123 e. The standard InChI is InChI=1S/C15H19FN2/c1-2-14(17)10-15-7-4-8-18(15)11-12-5-3-6-13(16)9-12/h3-9,14H,2,10-11,17H2,1H3. The van der Waals surface area contributed by atoms with Gasteiger partial charge in [0.1, 0.15) is 5.82 Å². The Hall–Kier alpha value is -1.61. The van der Waals surface area contributed by atoms with E-state index in [0.717, 1.165) is 18.4 Å². The fraction of sp³-hybridized carbons (Fsp3) is 0.333. The van der Waals surface area contributed by atoms with Gasteiger partial charge in [0, 0.05) is 30.9 Å². The topological polar surface area (TPSA) is 30.9 Å². The van der Waals surface area contributed by atoms with Crippen molar-refractivity contribution in [3.05, 3.63) is 59.7 Å². The van der Waals surface area contributed by atoms with Crippen LogP contribution >= 0.6 is 0 Å². The first-order chi connectivity index (χ1) is 8.69. The summed E-state index contributed by atoms with van der Waals surface area (Å²) in [6.07, 6.45) is 3.84. The zero-order valence-electron chi connectivity index (χ0n) is 10.6. The van der Waals surface area contributed by atoms with Crippen LogP contribution in [0.25, 0.3) is 0 Å². The maximum atomic E-state index is 13.1. The van der Waals surface area contributed by atoms with Crippen LogP contribution in [0.15, 0.2) is 42.6 Å². The van der Waals surface area contributed by atoms with Crippen LogP contribution in [0.3, 0.4) is 0 Å². The third-order valence-electron chi connectivity index (χ3n) is 3.16. The Morgan fingerprint density at radius 2 is 2.11 bits per heavy atom. The van der Waals surface area contributed by atoms with Gasteiger partial charge in [-0.3, -0.25) is 0 Å². The molecule has 18 heavy (non-hydrogen) atoms. The second-order valence-electron chi connectivity index (χ2n) is 4.63. The van der Waals surface area contributed by atoms with E-state index in [1.54, 1.807) is 12.1 Å². The van der Waals surface area contributed by atoms with Crippen molar-refractivity contribution in [3.63, 3.8) is 0 Å². The number of rotatable bonds is 5. The van der Waals surface area contributed by atoms with E-state index >= 15 is 0 Å².